The van der Waals surface area contributed by atoms with Crippen LogP contribution in [0.3, 0.4) is 0 Å². The second-order valence-electron chi connectivity index (χ2n) is 6.08. The monoisotopic (exact) mass is 416 g/mol. The average molecular weight is 416 g/mol. The number of hydrogen-bond acceptors (Lipinski definition) is 1. The molecule has 0 amide bonds. The third-order valence-corrected chi connectivity index (χ3v) is 4.57. The number of benzene rings is 1. The second kappa shape index (κ2) is 5.71. The van der Waals surface area contributed by atoms with Crippen molar-refractivity contribution in [2.24, 2.45) is 0 Å². The summed E-state index contributed by atoms with van der Waals surface area (Å²) >= 11 is 0. The van der Waals surface area contributed by atoms with Gasteiger partial charge in [-0.3, -0.25) is 0 Å². The minimum Gasteiger partial charge on any atom is -0.385 e. The zero-order valence-electron chi connectivity index (χ0n) is 13.2. The van der Waals surface area contributed by atoms with E-state index >= 15 is 0 Å². The van der Waals surface area contributed by atoms with Gasteiger partial charge in [0.05, 0.1) is 0 Å². The molecule has 1 aromatic carbocycles. The first-order chi connectivity index (χ1) is 11.9. The van der Waals surface area contributed by atoms with E-state index < -0.39 is 46.9 Å². The highest BCUT2D eigenvalue weighted by Gasteiger charge is 3.02. The molecule has 1 nitrogen and oxygen atoms in total. The maximum Gasteiger partial charge on any atom is 0.384 e. The van der Waals surface area contributed by atoms with Crippen LogP contribution in [0.2, 0.25) is 0 Å². The van der Waals surface area contributed by atoms with E-state index in [0.29, 0.717) is 24.1 Å². The first kappa shape index (κ1) is 21.7. The molecule has 1 aromatic rings. The van der Waals surface area contributed by atoms with Crippen LogP contribution in [0.1, 0.15) is 24.2 Å². The van der Waals surface area contributed by atoms with Crippen molar-refractivity contribution in [3.05, 3.63) is 35.4 Å². The van der Waals surface area contributed by atoms with Gasteiger partial charge in [0, 0.05) is 0 Å². The molecule has 1 unspecified atom stereocenters. The molecule has 0 saturated heterocycles. The van der Waals surface area contributed by atoms with Crippen LogP contribution in [-0.4, -0.2) is 40.4 Å². The highest BCUT2D eigenvalue weighted by Crippen LogP contribution is 2.71. The minimum atomic E-state index is -7.30. The molecule has 0 spiro atoms. The van der Waals surface area contributed by atoms with Gasteiger partial charge >= 0.3 is 29.6 Å². The molecular formula is C15H11F11O. The van der Waals surface area contributed by atoms with E-state index in [9.17, 15) is 53.4 Å². The van der Waals surface area contributed by atoms with Crippen molar-refractivity contribution >= 4 is 0 Å². The first-order valence-electron chi connectivity index (χ1n) is 7.30. The molecule has 1 atom stereocenters. The quantitative estimate of drug-likeness (QED) is 0.674. The van der Waals surface area contributed by atoms with Crippen molar-refractivity contribution in [2.75, 3.05) is 0 Å². The minimum absolute atomic E-state index is 0.297. The Morgan fingerprint density at radius 1 is 0.667 bits per heavy atom. The highest BCUT2D eigenvalue weighted by atomic mass is 19.4. The number of aliphatic hydroxyl groups is 1. The van der Waals surface area contributed by atoms with Crippen molar-refractivity contribution in [2.45, 2.75) is 54.7 Å². The molecule has 0 bridgehead atoms. The van der Waals surface area contributed by atoms with Crippen LogP contribution in [0.15, 0.2) is 24.3 Å². The number of alkyl halides is 11. The summed E-state index contributed by atoms with van der Waals surface area (Å²) in [5, 5.41) is 9.63. The largest absolute Gasteiger partial charge is 0.385 e. The number of aliphatic hydroxyl groups excluding tert-OH is 1. The zero-order valence-corrected chi connectivity index (χ0v) is 13.2. The Morgan fingerprint density at radius 2 is 1.00 bits per heavy atom. The molecule has 1 aliphatic rings. The molecule has 27 heavy (non-hydrogen) atoms. The average Bonchev–Trinajstić information content (AvgIpc) is 2.58. The van der Waals surface area contributed by atoms with Gasteiger partial charge in [0.1, 0.15) is 6.10 Å². The molecule has 0 aromatic heterocycles. The van der Waals surface area contributed by atoms with E-state index in [0.717, 1.165) is 12.1 Å². The van der Waals surface area contributed by atoms with Crippen LogP contribution in [0, 0.1) is 0 Å². The zero-order chi connectivity index (χ0) is 21.3. The lowest BCUT2D eigenvalue weighted by molar-refractivity contribution is -0.494. The van der Waals surface area contributed by atoms with Gasteiger partial charge in [-0.05, 0) is 17.5 Å². The van der Waals surface area contributed by atoms with Crippen LogP contribution >= 0.6 is 0 Å². The molecule has 154 valence electrons. The molecule has 1 fully saturated rings. The summed E-state index contributed by atoms with van der Waals surface area (Å²) in [4.78, 5) is 0. The van der Waals surface area contributed by atoms with Crippen LogP contribution in [0.5, 0.6) is 0 Å². The number of halogens is 11. The van der Waals surface area contributed by atoms with Gasteiger partial charge in [0.25, 0.3) is 5.67 Å². The van der Waals surface area contributed by atoms with Crippen LogP contribution in [0.25, 0.3) is 0 Å². The van der Waals surface area contributed by atoms with E-state index in [2.05, 4.69) is 0 Å². The van der Waals surface area contributed by atoms with Crippen LogP contribution in [0.4, 0.5) is 48.3 Å². The third-order valence-electron chi connectivity index (χ3n) is 4.57. The molecule has 2 rings (SSSR count). The molecule has 0 aliphatic heterocycles. The summed E-state index contributed by atoms with van der Waals surface area (Å²) in [6.07, 6.45) is -3.67. The van der Waals surface area contributed by atoms with E-state index in [-0.39, 0.29) is 0 Å². The molecule has 1 saturated carbocycles. The Hall–Kier alpha value is -1.59. The summed E-state index contributed by atoms with van der Waals surface area (Å²) in [6.45, 7) is 1.58. The normalized spacial score (nSPS) is 27.7. The Balaban J connectivity index is 2.76. The number of aryl methyl sites for hydroxylation is 1. The first-order valence-corrected chi connectivity index (χ1v) is 7.30. The number of hydrogen-bond donors (Lipinski definition) is 1. The van der Waals surface area contributed by atoms with Crippen LogP contribution in [-0.2, 0) is 6.42 Å². The summed E-state index contributed by atoms with van der Waals surface area (Å²) in [5.74, 6) is -35.9. The molecule has 1 aliphatic carbocycles. The molecule has 12 heteroatoms. The molecule has 0 heterocycles. The van der Waals surface area contributed by atoms with Crippen molar-refractivity contribution in [1.82, 2.24) is 0 Å². The van der Waals surface area contributed by atoms with E-state index in [4.69, 9.17) is 0 Å². The fourth-order valence-electron chi connectivity index (χ4n) is 2.75. The summed E-state index contributed by atoms with van der Waals surface area (Å²) in [5.41, 5.74) is -7.24. The molecule has 0 radical (unpaired) electrons. The molecule has 1 N–H and O–H groups in total. The standard InChI is InChI=1S/C15H11F11O/c1-2-7-3-5-8(6-4-7)9(27)10(16)11(17,18)13(21,22)15(25,26)14(23,24)12(10,19)20/h3-6,9,27H,2H2,1H3. The summed E-state index contributed by atoms with van der Waals surface area (Å²) in [6, 6.07) is 3.10. The predicted octanol–water partition coefficient (Wildman–Crippen LogP) is 5.18. The van der Waals surface area contributed by atoms with Crippen molar-refractivity contribution in [3.63, 3.8) is 0 Å². The van der Waals surface area contributed by atoms with Gasteiger partial charge in [0.15, 0.2) is 0 Å². The molecular weight excluding hydrogens is 405 g/mol. The fraction of sp³-hybridized carbons (Fsp3) is 0.600. The van der Waals surface area contributed by atoms with E-state index in [1.165, 1.54) is 0 Å². The van der Waals surface area contributed by atoms with Crippen molar-refractivity contribution in [3.8, 4) is 0 Å². The van der Waals surface area contributed by atoms with Crippen molar-refractivity contribution < 1.29 is 53.4 Å². The van der Waals surface area contributed by atoms with Crippen molar-refractivity contribution in [1.29, 1.82) is 0 Å². The van der Waals surface area contributed by atoms with Crippen LogP contribution < -0.4 is 0 Å². The fourth-order valence-corrected chi connectivity index (χ4v) is 2.75. The third kappa shape index (κ3) is 2.21. The van der Waals surface area contributed by atoms with E-state index in [1.54, 1.807) is 6.92 Å². The Bertz CT molecular complexity index is 681. The predicted molar refractivity (Wildman–Crippen MR) is 69.4 cm³/mol. The lowest BCUT2D eigenvalue weighted by atomic mass is 9.68. The summed E-state index contributed by atoms with van der Waals surface area (Å²) < 4.78 is 150. The summed E-state index contributed by atoms with van der Waals surface area (Å²) in [7, 11) is 0. The smallest absolute Gasteiger partial charge is 0.384 e. The maximum absolute atomic E-state index is 14.7. The van der Waals surface area contributed by atoms with Gasteiger partial charge in [-0.2, -0.15) is 43.9 Å². The lowest BCUT2D eigenvalue weighted by Crippen LogP contribution is -2.84. The highest BCUT2D eigenvalue weighted by molar-refractivity contribution is 5.34. The topological polar surface area (TPSA) is 20.2 Å². The maximum atomic E-state index is 14.7. The Kier molecular flexibility index (Phi) is 4.59. The Morgan fingerprint density at radius 3 is 1.33 bits per heavy atom. The Labute approximate surface area is 144 Å². The van der Waals surface area contributed by atoms with Gasteiger partial charge < -0.3 is 5.11 Å². The second-order valence-corrected chi connectivity index (χ2v) is 6.08. The van der Waals surface area contributed by atoms with Gasteiger partial charge in [-0.25, -0.2) is 4.39 Å². The number of rotatable bonds is 3. The van der Waals surface area contributed by atoms with Gasteiger partial charge in [-0.1, -0.05) is 31.2 Å². The van der Waals surface area contributed by atoms with Gasteiger partial charge in [-0.15, -0.1) is 0 Å². The lowest BCUT2D eigenvalue weighted by Gasteiger charge is -2.53. The SMILES string of the molecule is CCc1ccc(C(O)C2(F)C(F)(F)C(F)(F)C(F)(F)C(F)(F)C2(F)F)cc1. The van der Waals surface area contributed by atoms with Gasteiger partial charge in [0.2, 0.25) is 0 Å². The van der Waals surface area contributed by atoms with E-state index in [1.807, 2.05) is 0 Å².